The highest BCUT2D eigenvalue weighted by atomic mass is 32.2. The van der Waals surface area contributed by atoms with Gasteiger partial charge in [0.2, 0.25) is 21.8 Å². The van der Waals surface area contributed by atoms with Gasteiger partial charge in [-0.1, -0.05) is 100 Å². The summed E-state index contributed by atoms with van der Waals surface area (Å²) in [5.41, 5.74) is 3.09. The molecule has 0 unspecified atom stereocenters. The van der Waals surface area contributed by atoms with Crippen LogP contribution in [0, 0.1) is 0 Å². The largest absolute Gasteiger partial charge is 0.352 e. The van der Waals surface area contributed by atoms with E-state index in [1.807, 2.05) is 86.6 Å². The average Bonchev–Trinajstić information content (AvgIpc) is 2.93. The first-order valence-electron chi connectivity index (χ1n) is 14.1. The second kappa shape index (κ2) is 13.8. The van der Waals surface area contributed by atoms with Gasteiger partial charge in [0.05, 0.1) is 11.9 Å². The van der Waals surface area contributed by atoms with Gasteiger partial charge in [0.1, 0.15) is 12.6 Å². The molecule has 1 N–H and O–H groups in total. The number of hydrogen-bond donors (Lipinski definition) is 1. The fourth-order valence-corrected chi connectivity index (χ4v) is 5.37. The second-order valence-electron chi connectivity index (χ2n) is 11.6. The Labute approximate surface area is 245 Å². The van der Waals surface area contributed by atoms with Crippen LogP contribution >= 0.6 is 0 Å². The molecular weight excluding hydrogens is 534 g/mol. The zero-order valence-electron chi connectivity index (χ0n) is 25.0. The van der Waals surface area contributed by atoms with Crippen LogP contribution in [0.5, 0.6) is 0 Å². The summed E-state index contributed by atoms with van der Waals surface area (Å²) in [5.74, 6) is -0.729. The minimum absolute atomic E-state index is 0.0803. The highest BCUT2D eigenvalue weighted by Crippen LogP contribution is 2.26. The van der Waals surface area contributed by atoms with Crippen LogP contribution in [-0.2, 0) is 38.0 Å². The third kappa shape index (κ3) is 9.18. The molecule has 0 saturated heterocycles. The third-order valence-electron chi connectivity index (χ3n) is 7.17. The van der Waals surface area contributed by atoms with Crippen LogP contribution in [0.15, 0.2) is 84.9 Å². The summed E-state index contributed by atoms with van der Waals surface area (Å²) in [4.78, 5) is 29.4. The van der Waals surface area contributed by atoms with Gasteiger partial charge in [-0.05, 0) is 47.6 Å². The van der Waals surface area contributed by atoms with Crippen molar-refractivity contribution in [2.45, 2.75) is 71.5 Å². The summed E-state index contributed by atoms with van der Waals surface area (Å²) < 4.78 is 27.1. The van der Waals surface area contributed by atoms with E-state index in [0.717, 1.165) is 33.7 Å². The SMILES string of the molecule is CC[C@H](C)NC(=O)[C@H](Cc1ccccc1)N(Cc1ccccc1)C(=O)CN(c1ccc(C(C)(C)C)cc1)S(C)(=O)=O. The maximum absolute atomic E-state index is 14.1. The Morgan fingerprint density at radius 2 is 1.39 bits per heavy atom. The summed E-state index contributed by atoms with van der Waals surface area (Å²) >= 11 is 0. The normalized spacial score (nSPS) is 13.2. The van der Waals surface area contributed by atoms with Gasteiger partial charge < -0.3 is 10.2 Å². The maximum atomic E-state index is 14.1. The molecule has 8 heteroatoms. The van der Waals surface area contributed by atoms with Crippen LogP contribution in [0.2, 0.25) is 0 Å². The zero-order valence-corrected chi connectivity index (χ0v) is 25.8. The van der Waals surface area contributed by atoms with Crippen molar-refractivity contribution in [3.05, 3.63) is 102 Å². The van der Waals surface area contributed by atoms with E-state index in [1.54, 1.807) is 12.1 Å². The third-order valence-corrected chi connectivity index (χ3v) is 8.31. The van der Waals surface area contributed by atoms with E-state index in [1.165, 1.54) is 4.90 Å². The number of carbonyl (C=O) groups excluding carboxylic acids is 2. The molecular formula is C33H43N3O4S. The van der Waals surface area contributed by atoms with Crippen molar-refractivity contribution in [1.29, 1.82) is 0 Å². The van der Waals surface area contributed by atoms with Crippen LogP contribution in [0.1, 0.15) is 57.7 Å². The smallest absolute Gasteiger partial charge is 0.244 e. The Bertz CT molecular complexity index is 1390. The monoisotopic (exact) mass is 577 g/mol. The topological polar surface area (TPSA) is 86.8 Å². The summed E-state index contributed by atoms with van der Waals surface area (Å²) in [6, 6.07) is 25.3. The zero-order chi connectivity index (χ0) is 30.2. The molecule has 0 saturated carbocycles. The van der Waals surface area contributed by atoms with Crippen molar-refractivity contribution in [3.63, 3.8) is 0 Å². The summed E-state index contributed by atoms with van der Waals surface area (Å²) in [5, 5.41) is 3.04. The Balaban J connectivity index is 2.03. The predicted octanol–water partition coefficient (Wildman–Crippen LogP) is 5.30. The first-order valence-corrected chi connectivity index (χ1v) is 15.9. The lowest BCUT2D eigenvalue weighted by molar-refractivity contribution is -0.140. The van der Waals surface area contributed by atoms with E-state index < -0.39 is 28.5 Å². The number of carbonyl (C=O) groups is 2. The van der Waals surface area contributed by atoms with E-state index in [2.05, 4.69) is 26.1 Å². The molecule has 0 aliphatic heterocycles. The van der Waals surface area contributed by atoms with Crippen LogP contribution in [0.3, 0.4) is 0 Å². The Hall–Kier alpha value is -3.65. The fraction of sp³-hybridized carbons (Fsp3) is 0.394. The van der Waals surface area contributed by atoms with Gasteiger partial charge in [-0.2, -0.15) is 0 Å². The molecule has 0 spiro atoms. The van der Waals surface area contributed by atoms with Crippen molar-refractivity contribution < 1.29 is 18.0 Å². The number of benzene rings is 3. The number of hydrogen-bond acceptors (Lipinski definition) is 4. The lowest BCUT2D eigenvalue weighted by Crippen LogP contribution is -2.54. The van der Waals surface area contributed by atoms with Crippen molar-refractivity contribution in [1.82, 2.24) is 10.2 Å². The lowest BCUT2D eigenvalue weighted by Gasteiger charge is -2.34. The average molecular weight is 578 g/mol. The van der Waals surface area contributed by atoms with Crippen molar-refractivity contribution >= 4 is 27.5 Å². The van der Waals surface area contributed by atoms with Crippen molar-refractivity contribution in [2.24, 2.45) is 0 Å². The molecule has 0 aliphatic carbocycles. The van der Waals surface area contributed by atoms with Crippen molar-refractivity contribution in [3.8, 4) is 0 Å². The number of rotatable bonds is 12. The maximum Gasteiger partial charge on any atom is 0.244 e. The molecule has 41 heavy (non-hydrogen) atoms. The molecule has 0 fully saturated rings. The standard InChI is InChI=1S/C33H43N3O4S/c1-7-25(2)34-32(38)30(22-26-14-10-8-11-15-26)35(23-27-16-12-9-13-17-27)31(37)24-36(41(6,39)40)29-20-18-28(19-21-29)33(3,4)5/h8-21,25,30H,7,22-24H2,1-6H3,(H,34,38)/t25-,30-/m0/s1. The molecule has 3 aromatic rings. The van der Waals surface area contributed by atoms with Gasteiger partial charge in [-0.15, -0.1) is 0 Å². The molecule has 0 bridgehead atoms. The van der Waals surface area contributed by atoms with Gasteiger partial charge in [0, 0.05) is 19.0 Å². The minimum Gasteiger partial charge on any atom is -0.352 e. The number of anilines is 1. The summed E-state index contributed by atoms with van der Waals surface area (Å²) in [6.45, 7) is 9.89. The van der Waals surface area contributed by atoms with Crippen LogP contribution in [0.4, 0.5) is 5.69 Å². The second-order valence-corrected chi connectivity index (χ2v) is 13.5. The molecule has 0 heterocycles. The summed E-state index contributed by atoms with van der Waals surface area (Å²) in [6.07, 6.45) is 2.13. The van der Waals surface area contributed by atoms with Crippen LogP contribution in [-0.4, -0.2) is 50.0 Å². The van der Waals surface area contributed by atoms with E-state index in [-0.39, 0.29) is 23.9 Å². The van der Waals surface area contributed by atoms with Gasteiger partial charge in [0.15, 0.2) is 0 Å². The molecule has 2 atom stereocenters. The quantitative estimate of drug-likeness (QED) is 0.316. The van der Waals surface area contributed by atoms with Gasteiger partial charge in [0.25, 0.3) is 0 Å². The van der Waals surface area contributed by atoms with E-state index in [0.29, 0.717) is 12.1 Å². The van der Waals surface area contributed by atoms with Gasteiger partial charge >= 0.3 is 0 Å². The molecule has 3 aromatic carbocycles. The molecule has 7 nitrogen and oxygen atoms in total. The number of nitrogens with one attached hydrogen (secondary N) is 1. The van der Waals surface area contributed by atoms with E-state index in [9.17, 15) is 18.0 Å². The highest BCUT2D eigenvalue weighted by Gasteiger charge is 2.33. The summed E-state index contributed by atoms with van der Waals surface area (Å²) in [7, 11) is -3.81. The molecule has 2 amide bonds. The molecule has 0 aromatic heterocycles. The van der Waals surface area contributed by atoms with Gasteiger partial charge in [-0.25, -0.2) is 8.42 Å². The van der Waals surface area contributed by atoms with Crippen molar-refractivity contribution in [2.75, 3.05) is 17.1 Å². The van der Waals surface area contributed by atoms with E-state index >= 15 is 0 Å². The fourth-order valence-electron chi connectivity index (χ4n) is 4.52. The molecule has 3 rings (SSSR count). The number of sulfonamides is 1. The lowest BCUT2D eigenvalue weighted by atomic mass is 9.87. The predicted molar refractivity (Wildman–Crippen MR) is 166 cm³/mol. The Morgan fingerprint density at radius 3 is 1.88 bits per heavy atom. The Morgan fingerprint density at radius 1 is 0.854 bits per heavy atom. The Kier molecular flexibility index (Phi) is 10.7. The van der Waals surface area contributed by atoms with Crippen LogP contribution < -0.4 is 9.62 Å². The highest BCUT2D eigenvalue weighted by molar-refractivity contribution is 7.92. The van der Waals surface area contributed by atoms with Crippen LogP contribution in [0.25, 0.3) is 0 Å². The molecule has 220 valence electrons. The first kappa shape index (κ1) is 31.9. The van der Waals surface area contributed by atoms with E-state index in [4.69, 9.17) is 0 Å². The van der Waals surface area contributed by atoms with Gasteiger partial charge in [-0.3, -0.25) is 13.9 Å². The first-order chi connectivity index (χ1) is 19.3. The number of nitrogens with zero attached hydrogens (tertiary/aromatic N) is 2. The molecule has 0 radical (unpaired) electrons. The number of amides is 2. The minimum atomic E-state index is -3.81. The molecule has 0 aliphatic rings.